The van der Waals surface area contributed by atoms with Gasteiger partial charge in [0.2, 0.25) is 0 Å². The Morgan fingerprint density at radius 2 is 2.35 bits per heavy atom. The first-order valence-corrected chi connectivity index (χ1v) is 7.49. The van der Waals surface area contributed by atoms with Gasteiger partial charge >= 0.3 is 0 Å². The van der Waals surface area contributed by atoms with E-state index in [0.29, 0.717) is 6.04 Å². The lowest BCUT2D eigenvalue weighted by atomic mass is 10.1. The van der Waals surface area contributed by atoms with Crippen molar-refractivity contribution in [1.29, 1.82) is 5.41 Å². The summed E-state index contributed by atoms with van der Waals surface area (Å²) in [4.78, 5) is 2.25. The second kappa shape index (κ2) is 5.31. The first-order valence-electron chi connectivity index (χ1n) is 5.54. The van der Waals surface area contributed by atoms with E-state index in [9.17, 15) is 0 Å². The lowest BCUT2D eigenvalue weighted by Crippen LogP contribution is -2.33. The van der Waals surface area contributed by atoms with Crippen molar-refractivity contribution in [3.8, 4) is 0 Å². The van der Waals surface area contributed by atoms with Crippen LogP contribution in [0.25, 0.3) is 0 Å². The topological polar surface area (TPSA) is 53.1 Å². The molecule has 1 fully saturated rings. The van der Waals surface area contributed by atoms with Crippen molar-refractivity contribution in [1.82, 2.24) is 0 Å². The average molecular weight is 314 g/mol. The second-order valence-electron chi connectivity index (χ2n) is 4.18. The van der Waals surface area contributed by atoms with E-state index in [0.717, 1.165) is 21.5 Å². The molecule has 0 radical (unpaired) electrons. The van der Waals surface area contributed by atoms with Crippen LogP contribution >= 0.6 is 27.7 Å². The Balaban J connectivity index is 2.36. The van der Waals surface area contributed by atoms with Crippen molar-refractivity contribution < 1.29 is 0 Å². The summed E-state index contributed by atoms with van der Waals surface area (Å²) in [6.45, 7) is 0. The Morgan fingerprint density at radius 3 is 2.94 bits per heavy atom. The number of nitrogens with two attached hydrogens (primary N) is 1. The minimum Gasteiger partial charge on any atom is -0.384 e. The van der Waals surface area contributed by atoms with E-state index < -0.39 is 0 Å². The van der Waals surface area contributed by atoms with E-state index in [1.54, 1.807) is 0 Å². The van der Waals surface area contributed by atoms with Gasteiger partial charge in [-0.15, -0.1) is 0 Å². The second-order valence-corrected chi connectivity index (χ2v) is 6.18. The zero-order chi connectivity index (χ0) is 12.4. The molecule has 0 aromatic heterocycles. The molecule has 0 saturated carbocycles. The van der Waals surface area contributed by atoms with Crippen molar-refractivity contribution in [2.24, 2.45) is 5.73 Å². The third kappa shape index (κ3) is 2.60. The highest BCUT2D eigenvalue weighted by Crippen LogP contribution is 2.31. The summed E-state index contributed by atoms with van der Waals surface area (Å²) in [6.07, 6.45) is 1.20. The highest BCUT2D eigenvalue weighted by atomic mass is 79.9. The van der Waals surface area contributed by atoms with Crippen LogP contribution < -0.4 is 10.6 Å². The Kier molecular flexibility index (Phi) is 3.99. The molecular formula is C12H16BrN3S. The third-order valence-corrected chi connectivity index (χ3v) is 4.90. The van der Waals surface area contributed by atoms with E-state index in [2.05, 4.69) is 27.9 Å². The molecule has 0 spiro atoms. The standard InChI is InChI=1S/C12H16BrN3S/c1-16(8-5-6-17-7-8)10-4-2-3-9(13)11(10)12(14)15/h2-4,8H,5-7H2,1H3,(H3,14,15). The fourth-order valence-electron chi connectivity index (χ4n) is 2.10. The van der Waals surface area contributed by atoms with Crippen LogP contribution in [0.4, 0.5) is 5.69 Å². The summed E-state index contributed by atoms with van der Waals surface area (Å²) in [5.74, 6) is 2.49. The molecule has 92 valence electrons. The van der Waals surface area contributed by atoms with Gasteiger partial charge in [0.15, 0.2) is 0 Å². The van der Waals surface area contributed by atoms with Gasteiger partial charge in [-0.05, 0) is 40.2 Å². The smallest absolute Gasteiger partial charge is 0.126 e. The van der Waals surface area contributed by atoms with Crippen LogP contribution in [0.1, 0.15) is 12.0 Å². The normalized spacial score (nSPS) is 19.3. The molecule has 1 heterocycles. The molecule has 3 N–H and O–H groups in total. The van der Waals surface area contributed by atoms with Crippen molar-refractivity contribution in [2.75, 3.05) is 23.5 Å². The first kappa shape index (κ1) is 12.8. The average Bonchev–Trinajstić information content (AvgIpc) is 2.80. The molecule has 1 aliphatic heterocycles. The Bertz CT molecular complexity index is 430. The van der Waals surface area contributed by atoms with E-state index in [-0.39, 0.29) is 5.84 Å². The van der Waals surface area contributed by atoms with Crippen molar-refractivity contribution in [3.05, 3.63) is 28.2 Å². The zero-order valence-electron chi connectivity index (χ0n) is 9.74. The van der Waals surface area contributed by atoms with Gasteiger partial charge in [0, 0.05) is 29.0 Å². The molecule has 1 aromatic rings. The molecule has 1 unspecified atom stereocenters. The van der Waals surface area contributed by atoms with Crippen molar-refractivity contribution in [2.45, 2.75) is 12.5 Å². The number of hydrogen-bond acceptors (Lipinski definition) is 3. The van der Waals surface area contributed by atoms with Crippen LogP contribution in [0.5, 0.6) is 0 Å². The van der Waals surface area contributed by atoms with Crippen molar-refractivity contribution in [3.63, 3.8) is 0 Å². The van der Waals surface area contributed by atoms with Gasteiger partial charge in [0.1, 0.15) is 5.84 Å². The summed E-state index contributed by atoms with van der Waals surface area (Å²) in [6, 6.07) is 6.50. The number of benzene rings is 1. The highest BCUT2D eigenvalue weighted by Gasteiger charge is 2.23. The third-order valence-electron chi connectivity index (χ3n) is 3.09. The molecule has 1 aliphatic rings. The Labute approximate surface area is 114 Å². The molecule has 2 rings (SSSR count). The fourth-order valence-corrected chi connectivity index (χ4v) is 3.93. The summed E-state index contributed by atoms with van der Waals surface area (Å²) in [5, 5.41) is 7.70. The van der Waals surface area contributed by atoms with Crippen LogP contribution in [0.15, 0.2) is 22.7 Å². The minimum atomic E-state index is 0.116. The maximum atomic E-state index is 7.70. The van der Waals surface area contributed by atoms with Crippen LogP contribution in [0.3, 0.4) is 0 Å². The van der Waals surface area contributed by atoms with Crippen LogP contribution in [-0.4, -0.2) is 30.4 Å². The van der Waals surface area contributed by atoms with Gasteiger partial charge in [-0.25, -0.2) is 0 Å². The number of amidine groups is 1. The SMILES string of the molecule is CN(c1cccc(Br)c1C(=N)N)C1CCSC1. The molecule has 3 nitrogen and oxygen atoms in total. The van der Waals surface area contributed by atoms with E-state index in [4.69, 9.17) is 11.1 Å². The lowest BCUT2D eigenvalue weighted by Gasteiger charge is -2.28. The maximum Gasteiger partial charge on any atom is 0.126 e. The van der Waals surface area contributed by atoms with Crippen LogP contribution in [0.2, 0.25) is 0 Å². The molecule has 17 heavy (non-hydrogen) atoms. The molecule has 1 saturated heterocycles. The quantitative estimate of drug-likeness (QED) is 0.666. The Morgan fingerprint density at radius 1 is 1.59 bits per heavy atom. The minimum absolute atomic E-state index is 0.116. The van der Waals surface area contributed by atoms with Gasteiger partial charge < -0.3 is 10.6 Å². The molecule has 0 aliphatic carbocycles. The van der Waals surface area contributed by atoms with E-state index in [1.807, 2.05) is 30.0 Å². The zero-order valence-corrected chi connectivity index (χ0v) is 12.1. The molecule has 0 amide bonds. The molecule has 5 heteroatoms. The Hall–Kier alpha value is -0.680. The number of halogens is 1. The summed E-state index contributed by atoms with van der Waals surface area (Å²) >= 11 is 5.46. The largest absolute Gasteiger partial charge is 0.384 e. The van der Waals surface area contributed by atoms with Crippen molar-refractivity contribution >= 4 is 39.2 Å². The molecule has 0 bridgehead atoms. The van der Waals surface area contributed by atoms with Gasteiger partial charge in [-0.3, -0.25) is 5.41 Å². The molecule has 1 aromatic carbocycles. The fraction of sp³-hybridized carbons (Fsp3) is 0.417. The maximum absolute atomic E-state index is 7.70. The summed E-state index contributed by atoms with van der Waals surface area (Å²) in [5.41, 5.74) is 7.51. The van der Waals surface area contributed by atoms with Gasteiger partial charge in [-0.1, -0.05) is 6.07 Å². The van der Waals surface area contributed by atoms with E-state index in [1.165, 1.54) is 12.2 Å². The number of anilines is 1. The molecular weight excluding hydrogens is 298 g/mol. The number of hydrogen-bond donors (Lipinski definition) is 2. The van der Waals surface area contributed by atoms with Gasteiger partial charge in [-0.2, -0.15) is 11.8 Å². The number of thioether (sulfide) groups is 1. The van der Waals surface area contributed by atoms with Crippen LogP contribution in [-0.2, 0) is 0 Å². The summed E-state index contributed by atoms with van der Waals surface area (Å²) < 4.78 is 0.889. The first-order chi connectivity index (χ1) is 8.11. The number of nitrogens with one attached hydrogen (secondary N) is 1. The molecule has 1 atom stereocenters. The lowest BCUT2D eigenvalue weighted by molar-refractivity contribution is 0.699. The monoisotopic (exact) mass is 313 g/mol. The highest BCUT2D eigenvalue weighted by molar-refractivity contribution is 9.10. The van der Waals surface area contributed by atoms with E-state index >= 15 is 0 Å². The number of rotatable bonds is 3. The number of nitrogens with zero attached hydrogens (tertiary/aromatic N) is 1. The predicted molar refractivity (Wildman–Crippen MR) is 79.3 cm³/mol. The van der Waals surface area contributed by atoms with Gasteiger partial charge in [0.25, 0.3) is 0 Å². The number of nitrogen functional groups attached to an aromatic ring is 1. The summed E-state index contributed by atoms with van der Waals surface area (Å²) in [7, 11) is 2.09. The predicted octanol–water partition coefficient (Wildman–Crippen LogP) is 2.67. The van der Waals surface area contributed by atoms with Crippen LogP contribution in [0, 0.1) is 5.41 Å². The van der Waals surface area contributed by atoms with Gasteiger partial charge in [0.05, 0.1) is 5.56 Å².